The molecule has 4 rings (SSSR count). The number of nitrogens with two attached hydrogens (primary N) is 3. The van der Waals surface area contributed by atoms with Gasteiger partial charge in [-0.2, -0.15) is 18.4 Å². The van der Waals surface area contributed by atoms with E-state index in [1.54, 1.807) is 12.1 Å². The molecule has 0 unspecified atom stereocenters. The van der Waals surface area contributed by atoms with E-state index in [1.807, 2.05) is 0 Å². The maximum atomic E-state index is 12.7. The average Bonchev–Trinajstić information content (AvgIpc) is 2.97. The summed E-state index contributed by atoms with van der Waals surface area (Å²) in [6.45, 7) is 0.231. The standard InChI is InChI=1S/C26H28N10O7S/c27-14-5-8-17(19(10-14)44(41,42)43)24(38)30-9-1-2-18(25(39)40)34-23(37)13-3-6-15(7-4-13)31-11-16-12-32-22-20(33-16)21(28)35-26(29)36-22/h3-8,10,12,18,31H,1-2,9,11,27H2,(H,30,38)(H,34,37)(H,39,40)(H,41,42,43)(H4,28,29,32,35,36)/t18-/m0/s1. The number of hydrogen-bond acceptors (Lipinski definition) is 13. The smallest absolute Gasteiger partial charge is 0.326 e. The SMILES string of the molecule is Nc1ccc(C(=O)NCCC[C@H](NC(=O)c2ccc(NCc3cnc4nc(N)nc(N)c4n3)cc2)C(=O)O)c(S(=O)(=O)O)c1. The Morgan fingerprint density at radius 3 is 2.36 bits per heavy atom. The molecule has 18 heteroatoms. The minimum atomic E-state index is -4.71. The summed E-state index contributed by atoms with van der Waals surface area (Å²) in [7, 11) is -4.71. The number of rotatable bonds is 12. The molecule has 0 radical (unpaired) electrons. The first-order valence-corrected chi connectivity index (χ1v) is 14.3. The summed E-state index contributed by atoms with van der Waals surface area (Å²) < 4.78 is 32.6. The number of hydrogen-bond donors (Lipinski definition) is 8. The highest BCUT2D eigenvalue weighted by Crippen LogP contribution is 2.19. The van der Waals surface area contributed by atoms with Crippen LogP contribution >= 0.6 is 0 Å². The lowest BCUT2D eigenvalue weighted by atomic mass is 10.1. The molecule has 0 saturated carbocycles. The first-order chi connectivity index (χ1) is 20.8. The number of nitrogen functional groups attached to an aromatic ring is 3. The predicted octanol–water partition coefficient (Wildman–Crippen LogP) is 0.418. The van der Waals surface area contributed by atoms with Crippen molar-refractivity contribution in [3.8, 4) is 0 Å². The number of benzene rings is 2. The lowest BCUT2D eigenvalue weighted by Crippen LogP contribution is -2.41. The fourth-order valence-corrected chi connectivity index (χ4v) is 4.77. The maximum Gasteiger partial charge on any atom is 0.326 e. The molecule has 0 aliphatic carbocycles. The van der Waals surface area contributed by atoms with Gasteiger partial charge in [0.25, 0.3) is 21.9 Å². The molecule has 0 spiro atoms. The zero-order valence-electron chi connectivity index (χ0n) is 22.9. The Morgan fingerprint density at radius 2 is 1.68 bits per heavy atom. The lowest BCUT2D eigenvalue weighted by Gasteiger charge is -2.15. The van der Waals surface area contributed by atoms with Crippen molar-refractivity contribution in [1.29, 1.82) is 0 Å². The fourth-order valence-electron chi connectivity index (χ4n) is 4.04. The summed E-state index contributed by atoms with van der Waals surface area (Å²) >= 11 is 0. The molecule has 2 aromatic heterocycles. The van der Waals surface area contributed by atoms with E-state index in [1.165, 1.54) is 24.4 Å². The minimum Gasteiger partial charge on any atom is -0.480 e. The Bertz CT molecular complexity index is 1840. The molecule has 0 saturated heterocycles. The molecule has 11 N–H and O–H groups in total. The van der Waals surface area contributed by atoms with Gasteiger partial charge < -0.3 is 38.3 Å². The third-order valence-electron chi connectivity index (χ3n) is 6.21. The number of carboxylic acid groups (broad SMARTS) is 1. The van der Waals surface area contributed by atoms with Crippen LogP contribution in [0.25, 0.3) is 11.2 Å². The van der Waals surface area contributed by atoms with Crippen LogP contribution in [0, 0.1) is 0 Å². The number of carboxylic acids is 1. The zero-order valence-corrected chi connectivity index (χ0v) is 23.7. The summed E-state index contributed by atoms with van der Waals surface area (Å²) in [5.41, 5.74) is 18.7. The number of nitrogens with zero attached hydrogens (tertiary/aromatic N) is 4. The van der Waals surface area contributed by atoms with Crippen LogP contribution in [-0.4, -0.2) is 68.4 Å². The van der Waals surface area contributed by atoms with Gasteiger partial charge in [0, 0.05) is 23.5 Å². The number of carbonyl (C=O) groups excluding carboxylic acids is 2. The second kappa shape index (κ2) is 13.1. The predicted molar refractivity (Wildman–Crippen MR) is 159 cm³/mol. The number of amides is 2. The van der Waals surface area contributed by atoms with E-state index in [0.717, 1.165) is 12.1 Å². The number of nitrogens with one attached hydrogen (secondary N) is 3. The van der Waals surface area contributed by atoms with Crippen molar-refractivity contribution in [3.63, 3.8) is 0 Å². The van der Waals surface area contributed by atoms with Crippen molar-refractivity contribution in [2.75, 3.05) is 29.1 Å². The summed E-state index contributed by atoms with van der Waals surface area (Å²) in [4.78, 5) is 52.7. The molecule has 2 aromatic carbocycles. The highest BCUT2D eigenvalue weighted by Gasteiger charge is 2.22. The van der Waals surface area contributed by atoms with Crippen molar-refractivity contribution in [2.45, 2.75) is 30.3 Å². The van der Waals surface area contributed by atoms with Crippen molar-refractivity contribution < 1.29 is 32.5 Å². The molecule has 2 heterocycles. The van der Waals surface area contributed by atoms with E-state index in [4.69, 9.17) is 17.2 Å². The number of carbonyl (C=O) groups is 3. The quantitative estimate of drug-likeness (QED) is 0.0602. The Kier molecular flexibility index (Phi) is 9.35. The summed E-state index contributed by atoms with van der Waals surface area (Å²) in [5, 5.41) is 17.6. The Balaban J connectivity index is 1.28. The van der Waals surface area contributed by atoms with Crippen LogP contribution in [0.15, 0.2) is 53.6 Å². The Hall–Kier alpha value is -5.62. The van der Waals surface area contributed by atoms with E-state index in [9.17, 15) is 32.5 Å². The van der Waals surface area contributed by atoms with Gasteiger partial charge in [0.05, 0.1) is 24.0 Å². The molecular weight excluding hydrogens is 596 g/mol. The van der Waals surface area contributed by atoms with Crippen molar-refractivity contribution in [3.05, 3.63) is 65.5 Å². The molecule has 1 atom stereocenters. The molecule has 2 amide bonds. The topological polar surface area (TPSA) is 292 Å². The first kappa shape index (κ1) is 31.3. The van der Waals surface area contributed by atoms with Gasteiger partial charge in [0.1, 0.15) is 10.9 Å². The van der Waals surface area contributed by atoms with Gasteiger partial charge in [0.15, 0.2) is 17.0 Å². The molecule has 4 aromatic rings. The number of aliphatic carboxylic acids is 1. The van der Waals surface area contributed by atoms with Crippen LogP contribution in [-0.2, 0) is 21.5 Å². The normalized spacial score (nSPS) is 11.9. The lowest BCUT2D eigenvalue weighted by molar-refractivity contribution is -0.139. The van der Waals surface area contributed by atoms with Gasteiger partial charge in [-0.15, -0.1) is 0 Å². The number of aromatic nitrogens is 4. The van der Waals surface area contributed by atoms with Gasteiger partial charge in [-0.25, -0.2) is 14.8 Å². The van der Waals surface area contributed by atoms with Crippen molar-refractivity contribution >= 4 is 62.2 Å². The van der Waals surface area contributed by atoms with Gasteiger partial charge in [-0.3, -0.25) is 14.1 Å². The third kappa shape index (κ3) is 7.81. The number of fused-ring (bicyclic) bond motifs is 1. The average molecular weight is 625 g/mol. The van der Waals surface area contributed by atoms with Gasteiger partial charge >= 0.3 is 5.97 Å². The second-order valence-electron chi connectivity index (χ2n) is 9.42. The van der Waals surface area contributed by atoms with Crippen LogP contribution in [0.2, 0.25) is 0 Å². The van der Waals surface area contributed by atoms with E-state index in [2.05, 4.69) is 35.9 Å². The van der Waals surface area contributed by atoms with Crippen LogP contribution in [0.5, 0.6) is 0 Å². The molecule has 17 nitrogen and oxygen atoms in total. The fraction of sp³-hybridized carbons (Fsp3) is 0.192. The van der Waals surface area contributed by atoms with E-state index < -0.39 is 38.8 Å². The maximum absolute atomic E-state index is 12.7. The van der Waals surface area contributed by atoms with Crippen LogP contribution in [0.1, 0.15) is 39.3 Å². The largest absolute Gasteiger partial charge is 0.480 e. The Morgan fingerprint density at radius 1 is 0.955 bits per heavy atom. The molecule has 44 heavy (non-hydrogen) atoms. The first-order valence-electron chi connectivity index (χ1n) is 12.9. The highest BCUT2D eigenvalue weighted by atomic mass is 32.2. The molecule has 0 fully saturated rings. The van der Waals surface area contributed by atoms with E-state index >= 15 is 0 Å². The van der Waals surface area contributed by atoms with E-state index in [0.29, 0.717) is 16.9 Å². The third-order valence-corrected chi connectivity index (χ3v) is 7.10. The molecule has 230 valence electrons. The van der Waals surface area contributed by atoms with Gasteiger partial charge in [0.2, 0.25) is 5.95 Å². The van der Waals surface area contributed by atoms with Crippen LogP contribution in [0.3, 0.4) is 0 Å². The summed E-state index contributed by atoms with van der Waals surface area (Å²) in [5.74, 6) is -2.61. The zero-order chi connectivity index (χ0) is 32.0. The summed E-state index contributed by atoms with van der Waals surface area (Å²) in [6, 6.07) is 8.41. The van der Waals surface area contributed by atoms with Gasteiger partial charge in [-0.1, -0.05) is 0 Å². The van der Waals surface area contributed by atoms with Gasteiger partial charge in [-0.05, 0) is 55.3 Å². The molecular formula is C26H28N10O7S. The Labute approximate surface area is 250 Å². The molecule has 0 aliphatic heterocycles. The summed E-state index contributed by atoms with van der Waals surface area (Å²) in [6.07, 6.45) is 1.60. The molecule has 0 bridgehead atoms. The molecule has 0 aliphatic rings. The monoisotopic (exact) mass is 624 g/mol. The number of anilines is 4. The minimum absolute atomic E-state index is 0.00736. The highest BCUT2D eigenvalue weighted by molar-refractivity contribution is 7.86. The van der Waals surface area contributed by atoms with Crippen molar-refractivity contribution in [1.82, 2.24) is 30.6 Å². The van der Waals surface area contributed by atoms with Crippen LogP contribution in [0.4, 0.5) is 23.1 Å². The van der Waals surface area contributed by atoms with E-state index in [-0.39, 0.29) is 60.2 Å². The van der Waals surface area contributed by atoms with Crippen LogP contribution < -0.4 is 33.2 Å². The second-order valence-corrected chi connectivity index (χ2v) is 10.8. The van der Waals surface area contributed by atoms with Crippen molar-refractivity contribution in [2.24, 2.45) is 0 Å².